The average Bonchev–Trinajstić information content (AvgIpc) is 3.13. The fourth-order valence-corrected chi connectivity index (χ4v) is 3.91. The van der Waals surface area contributed by atoms with Crippen LogP contribution in [-0.4, -0.2) is 48.5 Å². The van der Waals surface area contributed by atoms with Gasteiger partial charge in [0.05, 0.1) is 0 Å². The molecule has 5 heteroatoms. The SMILES string of the molecule is CNc1cccc(-c2ccc(C(=O)N[C@H]3CN4CCC3CC4)[nH]2)c1. The normalized spacial score (nSPS) is 25.5. The molecule has 2 aromatic rings. The Balaban J connectivity index is 1.47. The maximum Gasteiger partial charge on any atom is 0.267 e. The molecule has 3 saturated heterocycles. The van der Waals surface area contributed by atoms with Crippen LogP contribution in [0.25, 0.3) is 11.3 Å². The zero-order valence-electron chi connectivity index (χ0n) is 14.0. The Morgan fingerprint density at radius 3 is 2.75 bits per heavy atom. The summed E-state index contributed by atoms with van der Waals surface area (Å²) in [5, 5.41) is 6.37. The smallest absolute Gasteiger partial charge is 0.267 e. The maximum atomic E-state index is 12.6. The molecule has 1 aromatic carbocycles. The summed E-state index contributed by atoms with van der Waals surface area (Å²) < 4.78 is 0. The van der Waals surface area contributed by atoms with Gasteiger partial charge in [0.2, 0.25) is 0 Å². The molecule has 3 fully saturated rings. The van der Waals surface area contributed by atoms with Crippen LogP contribution in [0.2, 0.25) is 0 Å². The van der Waals surface area contributed by atoms with Gasteiger partial charge in [0.15, 0.2) is 0 Å². The Kier molecular flexibility index (Phi) is 4.02. The van der Waals surface area contributed by atoms with E-state index in [0.717, 1.165) is 23.5 Å². The second-order valence-electron chi connectivity index (χ2n) is 6.83. The topological polar surface area (TPSA) is 60.2 Å². The highest BCUT2D eigenvalue weighted by molar-refractivity contribution is 5.93. The van der Waals surface area contributed by atoms with Crippen molar-refractivity contribution >= 4 is 11.6 Å². The number of piperidine rings is 3. The molecule has 0 spiro atoms. The van der Waals surface area contributed by atoms with Crippen LogP contribution >= 0.6 is 0 Å². The highest BCUT2D eigenvalue weighted by Crippen LogP contribution is 2.28. The van der Waals surface area contributed by atoms with E-state index in [0.29, 0.717) is 17.7 Å². The fourth-order valence-electron chi connectivity index (χ4n) is 3.91. The summed E-state index contributed by atoms with van der Waals surface area (Å²) in [5.41, 5.74) is 3.73. The van der Waals surface area contributed by atoms with Crippen molar-refractivity contribution in [2.45, 2.75) is 18.9 Å². The molecule has 0 saturated carbocycles. The first-order valence-corrected chi connectivity index (χ1v) is 8.73. The van der Waals surface area contributed by atoms with Gasteiger partial charge in [-0.05, 0) is 61.7 Å². The highest BCUT2D eigenvalue weighted by atomic mass is 16.2. The van der Waals surface area contributed by atoms with Crippen LogP contribution in [0.1, 0.15) is 23.3 Å². The number of benzene rings is 1. The van der Waals surface area contributed by atoms with E-state index < -0.39 is 0 Å². The van der Waals surface area contributed by atoms with Gasteiger partial charge in [0.25, 0.3) is 5.91 Å². The third-order valence-electron chi connectivity index (χ3n) is 5.37. The summed E-state index contributed by atoms with van der Waals surface area (Å²) in [6, 6.07) is 12.3. The van der Waals surface area contributed by atoms with Crippen molar-refractivity contribution in [3.63, 3.8) is 0 Å². The van der Waals surface area contributed by atoms with Crippen LogP contribution in [0.5, 0.6) is 0 Å². The largest absolute Gasteiger partial charge is 0.388 e. The summed E-state index contributed by atoms with van der Waals surface area (Å²) in [6.07, 6.45) is 2.41. The average molecular weight is 324 g/mol. The summed E-state index contributed by atoms with van der Waals surface area (Å²) in [6.45, 7) is 3.37. The predicted molar refractivity (Wildman–Crippen MR) is 96.2 cm³/mol. The third kappa shape index (κ3) is 2.91. The first-order chi connectivity index (χ1) is 11.7. The molecule has 24 heavy (non-hydrogen) atoms. The maximum absolute atomic E-state index is 12.6. The standard InChI is InChI=1S/C19H24N4O/c1-20-15-4-2-3-14(11-15)16-5-6-17(21-16)19(24)22-18-12-23-9-7-13(18)8-10-23/h2-6,11,13,18,20-21H,7-10,12H2,1H3,(H,22,24)/t18-/m0/s1. The van der Waals surface area contributed by atoms with Crippen molar-refractivity contribution in [2.75, 3.05) is 32.0 Å². The third-order valence-corrected chi connectivity index (χ3v) is 5.37. The number of rotatable bonds is 4. The number of fused-ring (bicyclic) bond motifs is 3. The zero-order valence-corrected chi connectivity index (χ0v) is 14.0. The van der Waals surface area contributed by atoms with Crippen LogP contribution in [0.4, 0.5) is 5.69 Å². The molecule has 1 aromatic heterocycles. The van der Waals surface area contributed by atoms with Crippen molar-refractivity contribution in [3.05, 3.63) is 42.1 Å². The van der Waals surface area contributed by atoms with E-state index in [2.05, 4.69) is 26.6 Å². The summed E-state index contributed by atoms with van der Waals surface area (Å²) in [4.78, 5) is 18.3. The number of amides is 1. The van der Waals surface area contributed by atoms with Crippen molar-refractivity contribution < 1.29 is 4.79 Å². The summed E-state index contributed by atoms with van der Waals surface area (Å²) in [5.74, 6) is 0.644. The molecule has 3 aliphatic rings. The second-order valence-corrected chi connectivity index (χ2v) is 6.83. The van der Waals surface area contributed by atoms with Gasteiger partial charge in [-0.1, -0.05) is 12.1 Å². The Morgan fingerprint density at radius 1 is 1.21 bits per heavy atom. The minimum atomic E-state index is 0.00442. The fraction of sp³-hybridized carbons (Fsp3) is 0.421. The number of carbonyl (C=O) groups is 1. The minimum Gasteiger partial charge on any atom is -0.388 e. The molecule has 126 valence electrons. The van der Waals surface area contributed by atoms with Gasteiger partial charge >= 0.3 is 0 Å². The minimum absolute atomic E-state index is 0.00442. The predicted octanol–water partition coefficient (Wildman–Crippen LogP) is 2.55. The highest BCUT2D eigenvalue weighted by Gasteiger charge is 2.35. The molecule has 0 radical (unpaired) electrons. The van der Waals surface area contributed by atoms with Crippen LogP contribution < -0.4 is 10.6 Å². The van der Waals surface area contributed by atoms with Gasteiger partial charge < -0.3 is 20.5 Å². The van der Waals surface area contributed by atoms with Crippen LogP contribution in [0.15, 0.2) is 36.4 Å². The summed E-state index contributed by atoms with van der Waals surface area (Å²) >= 11 is 0. The van der Waals surface area contributed by atoms with Crippen molar-refractivity contribution in [1.29, 1.82) is 0 Å². The molecule has 1 amide bonds. The number of H-pyrrole nitrogens is 1. The van der Waals surface area contributed by atoms with Crippen molar-refractivity contribution in [2.24, 2.45) is 5.92 Å². The van der Waals surface area contributed by atoms with Gasteiger partial charge in [-0.15, -0.1) is 0 Å². The molecular formula is C19H24N4O. The van der Waals surface area contributed by atoms with E-state index >= 15 is 0 Å². The van der Waals surface area contributed by atoms with Gasteiger partial charge in [-0.2, -0.15) is 0 Å². The van der Waals surface area contributed by atoms with E-state index in [1.165, 1.54) is 25.9 Å². The molecule has 3 N–H and O–H groups in total. The van der Waals surface area contributed by atoms with E-state index in [9.17, 15) is 4.79 Å². The van der Waals surface area contributed by atoms with Crippen molar-refractivity contribution in [3.8, 4) is 11.3 Å². The number of aromatic amines is 1. The number of hydrogen-bond donors (Lipinski definition) is 3. The first kappa shape index (κ1) is 15.3. The number of nitrogens with one attached hydrogen (secondary N) is 3. The first-order valence-electron chi connectivity index (χ1n) is 8.73. The monoisotopic (exact) mass is 324 g/mol. The van der Waals surface area contributed by atoms with Gasteiger partial charge in [0.1, 0.15) is 5.69 Å². The molecule has 0 aliphatic carbocycles. The number of anilines is 1. The number of carbonyl (C=O) groups excluding carboxylic acids is 1. The Morgan fingerprint density at radius 2 is 2.04 bits per heavy atom. The molecule has 3 aliphatic heterocycles. The Hall–Kier alpha value is -2.27. The molecule has 2 bridgehead atoms. The quantitative estimate of drug-likeness (QED) is 0.810. The van der Waals surface area contributed by atoms with Crippen LogP contribution in [-0.2, 0) is 0 Å². The lowest BCUT2D eigenvalue weighted by Crippen LogP contribution is -2.57. The lowest BCUT2D eigenvalue weighted by Gasteiger charge is -2.44. The van der Waals surface area contributed by atoms with Crippen molar-refractivity contribution in [1.82, 2.24) is 15.2 Å². The van der Waals surface area contributed by atoms with E-state index in [4.69, 9.17) is 0 Å². The number of aromatic nitrogens is 1. The zero-order chi connectivity index (χ0) is 16.5. The van der Waals surface area contributed by atoms with E-state index in [1.54, 1.807) is 0 Å². The molecule has 1 atom stereocenters. The molecule has 5 nitrogen and oxygen atoms in total. The Bertz CT molecular complexity index is 730. The Labute approximate surface area is 142 Å². The van der Waals surface area contributed by atoms with Crippen LogP contribution in [0.3, 0.4) is 0 Å². The lowest BCUT2D eigenvalue weighted by atomic mass is 9.84. The van der Waals surface area contributed by atoms with Crippen LogP contribution in [0, 0.1) is 5.92 Å². The summed E-state index contributed by atoms with van der Waals surface area (Å²) in [7, 11) is 1.90. The molecular weight excluding hydrogens is 300 g/mol. The van der Waals surface area contributed by atoms with Gasteiger partial charge in [-0.25, -0.2) is 0 Å². The molecule has 5 rings (SSSR count). The number of hydrogen-bond acceptors (Lipinski definition) is 3. The van der Waals surface area contributed by atoms with Gasteiger partial charge in [-0.3, -0.25) is 4.79 Å². The lowest BCUT2D eigenvalue weighted by molar-refractivity contribution is 0.0618. The van der Waals surface area contributed by atoms with E-state index in [1.807, 2.05) is 37.4 Å². The molecule has 4 heterocycles. The number of nitrogens with zero attached hydrogens (tertiary/aromatic N) is 1. The van der Waals surface area contributed by atoms with E-state index in [-0.39, 0.29) is 5.91 Å². The van der Waals surface area contributed by atoms with Gasteiger partial charge in [0, 0.05) is 31.0 Å². The second kappa shape index (κ2) is 6.32. The molecule has 0 unspecified atom stereocenters.